The molecule has 4 aromatic rings. The summed E-state index contributed by atoms with van der Waals surface area (Å²) >= 11 is 12.6. The molecule has 10 nitrogen and oxygen atoms in total. The van der Waals surface area contributed by atoms with E-state index < -0.39 is 22.6 Å². The van der Waals surface area contributed by atoms with Crippen LogP contribution in [0.4, 0.5) is 0 Å². The van der Waals surface area contributed by atoms with Gasteiger partial charge in [0.2, 0.25) is 5.69 Å². The Kier molecular flexibility index (Phi) is 6.08. The molecule has 33 heavy (non-hydrogen) atoms. The van der Waals surface area contributed by atoms with E-state index in [0.29, 0.717) is 0 Å². The topological polar surface area (TPSA) is 136 Å². The highest BCUT2D eigenvalue weighted by Gasteiger charge is 2.16. The zero-order valence-corrected chi connectivity index (χ0v) is 18.0. The Morgan fingerprint density at radius 2 is 1.79 bits per heavy atom. The highest BCUT2D eigenvalue weighted by Crippen LogP contribution is 2.37. The second-order valence-corrected chi connectivity index (χ2v) is 7.47. The maximum absolute atomic E-state index is 12.1. The number of halogens is 2. The fourth-order valence-corrected chi connectivity index (χ4v) is 3.47. The summed E-state index contributed by atoms with van der Waals surface area (Å²) in [7, 11) is 0. The first-order valence-corrected chi connectivity index (χ1v) is 10.0. The van der Waals surface area contributed by atoms with Gasteiger partial charge in [0.25, 0.3) is 5.56 Å². The van der Waals surface area contributed by atoms with Crippen molar-refractivity contribution in [3.05, 3.63) is 107 Å². The molecular weight excluding hydrogens is 471 g/mol. The van der Waals surface area contributed by atoms with E-state index in [1.54, 1.807) is 6.07 Å². The number of nitrogens with zero attached hydrogens (tertiary/aromatic N) is 5. The van der Waals surface area contributed by atoms with Gasteiger partial charge in [0, 0.05) is 0 Å². The van der Waals surface area contributed by atoms with Crippen molar-refractivity contribution >= 4 is 23.2 Å². The Morgan fingerprint density at radius 1 is 1.09 bits per heavy atom. The number of nitrogens with one attached hydrogen (secondary N) is 1. The number of aromatic amines is 1. The normalized spacial score (nSPS) is 10.6. The Balaban J connectivity index is 1.68. The molecule has 2 aromatic heterocycles. The van der Waals surface area contributed by atoms with E-state index in [2.05, 4.69) is 10.1 Å². The summed E-state index contributed by atoms with van der Waals surface area (Å²) in [6.07, 6.45) is 2.70. The van der Waals surface area contributed by atoms with Crippen LogP contribution in [0.25, 0.3) is 5.69 Å². The molecule has 2 aromatic carbocycles. The lowest BCUT2D eigenvalue weighted by molar-refractivity contribution is 0.469. The predicted octanol–water partition coefficient (Wildman–Crippen LogP) is 2.50. The first-order valence-electron chi connectivity index (χ1n) is 9.27. The van der Waals surface area contributed by atoms with Crippen LogP contribution in [-0.4, -0.2) is 24.3 Å². The Morgan fingerprint density at radius 3 is 2.45 bits per heavy atom. The fourth-order valence-electron chi connectivity index (χ4n) is 2.91. The van der Waals surface area contributed by atoms with Gasteiger partial charge in [-0.1, -0.05) is 53.5 Å². The van der Waals surface area contributed by atoms with Crippen molar-refractivity contribution in [1.29, 1.82) is 5.26 Å². The van der Waals surface area contributed by atoms with Crippen molar-refractivity contribution in [2.24, 2.45) is 0 Å². The van der Waals surface area contributed by atoms with Crippen molar-refractivity contribution in [1.82, 2.24) is 24.3 Å². The van der Waals surface area contributed by atoms with Crippen LogP contribution < -0.4 is 21.7 Å². The van der Waals surface area contributed by atoms with E-state index in [0.717, 1.165) is 10.2 Å². The van der Waals surface area contributed by atoms with E-state index in [9.17, 15) is 14.4 Å². The van der Waals surface area contributed by atoms with Crippen LogP contribution in [0, 0.1) is 11.3 Å². The minimum Gasteiger partial charge on any atom is -0.451 e. The maximum Gasteiger partial charge on any atom is 0.349 e. The third-order valence-corrected chi connectivity index (χ3v) is 4.97. The second kappa shape index (κ2) is 9.12. The van der Waals surface area contributed by atoms with E-state index >= 15 is 0 Å². The van der Waals surface area contributed by atoms with Gasteiger partial charge in [-0.3, -0.25) is 14.3 Å². The molecule has 0 aliphatic carbocycles. The van der Waals surface area contributed by atoms with Gasteiger partial charge in [0.05, 0.1) is 34.7 Å². The molecule has 2 heterocycles. The molecule has 4 rings (SSSR count). The lowest BCUT2D eigenvalue weighted by Crippen LogP contribution is -2.33. The van der Waals surface area contributed by atoms with Gasteiger partial charge >= 0.3 is 11.4 Å². The molecule has 0 aliphatic heterocycles. The van der Waals surface area contributed by atoms with Crippen LogP contribution in [0.5, 0.6) is 11.5 Å². The standard InChI is InChI=1S/C21H12Cl2N6O4/c22-15-6-13(29-21(32)26-19(30)17(8-24)27-29)7-16(23)18(15)33-14-9-25-20(31)28(11-14)10-12-4-2-1-3-5-12/h1-7,9,11H,10H2,(H,26,30,32). The molecule has 0 saturated heterocycles. The summed E-state index contributed by atoms with van der Waals surface area (Å²) in [4.78, 5) is 41.6. The first kappa shape index (κ1) is 22.0. The van der Waals surface area contributed by atoms with Crippen molar-refractivity contribution in [3.8, 4) is 23.3 Å². The molecular formula is C21H12Cl2N6O4. The Hall–Kier alpha value is -4.20. The molecule has 0 bridgehead atoms. The fraction of sp³-hybridized carbons (Fsp3) is 0.0476. The van der Waals surface area contributed by atoms with E-state index in [1.807, 2.05) is 35.3 Å². The molecule has 0 saturated carbocycles. The molecule has 0 radical (unpaired) electrons. The largest absolute Gasteiger partial charge is 0.451 e. The monoisotopic (exact) mass is 482 g/mol. The van der Waals surface area contributed by atoms with E-state index in [-0.39, 0.29) is 33.8 Å². The third-order valence-electron chi connectivity index (χ3n) is 4.41. The lowest BCUT2D eigenvalue weighted by Gasteiger charge is -2.13. The van der Waals surface area contributed by atoms with Crippen LogP contribution in [0.3, 0.4) is 0 Å². The predicted molar refractivity (Wildman–Crippen MR) is 119 cm³/mol. The molecule has 12 heteroatoms. The van der Waals surface area contributed by atoms with Crippen molar-refractivity contribution in [3.63, 3.8) is 0 Å². The van der Waals surface area contributed by atoms with Gasteiger partial charge in [-0.2, -0.15) is 14.9 Å². The van der Waals surface area contributed by atoms with Gasteiger partial charge < -0.3 is 4.74 Å². The van der Waals surface area contributed by atoms with Crippen LogP contribution >= 0.6 is 23.2 Å². The number of hydrogen-bond acceptors (Lipinski definition) is 7. The number of benzene rings is 2. The molecule has 0 spiro atoms. The number of aromatic nitrogens is 5. The van der Waals surface area contributed by atoms with Gasteiger partial charge in [0.1, 0.15) is 6.07 Å². The summed E-state index contributed by atoms with van der Waals surface area (Å²) < 4.78 is 7.90. The maximum atomic E-state index is 12.1. The molecule has 0 fully saturated rings. The number of rotatable bonds is 5. The van der Waals surface area contributed by atoms with Crippen LogP contribution in [-0.2, 0) is 6.54 Å². The summed E-state index contributed by atoms with van der Waals surface area (Å²) in [5, 5.41) is 12.7. The SMILES string of the molecule is N#Cc1nn(-c2cc(Cl)c(Oc3cnc(=O)n(Cc4ccccc4)c3)c(Cl)c2)c(=O)[nH]c1=O. The average molecular weight is 483 g/mol. The van der Waals surface area contributed by atoms with Crippen molar-refractivity contribution in [2.45, 2.75) is 6.54 Å². The summed E-state index contributed by atoms with van der Waals surface area (Å²) in [6.45, 7) is 0.284. The highest BCUT2D eigenvalue weighted by molar-refractivity contribution is 6.37. The molecule has 0 amide bonds. The van der Waals surface area contributed by atoms with E-state index in [4.69, 9.17) is 33.2 Å². The number of nitriles is 1. The number of hydrogen-bond donors (Lipinski definition) is 1. The number of H-pyrrole nitrogens is 1. The highest BCUT2D eigenvalue weighted by atomic mass is 35.5. The summed E-state index contributed by atoms with van der Waals surface area (Å²) in [5.41, 5.74) is -1.76. The third kappa shape index (κ3) is 4.69. The molecule has 0 unspecified atom stereocenters. The van der Waals surface area contributed by atoms with Crippen LogP contribution in [0.15, 0.2) is 69.2 Å². The average Bonchev–Trinajstić information content (AvgIpc) is 2.79. The molecule has 0 aliphatic rings. The minimum absolute atomic E-state index is 0.0108. The Labute approximate surface area is 194 Å². The van der Waals surface area contributed by atoms with Crippen molar-refractivity contribution in [2.75, 3.05) is 0 Å². The first-order chi connectivity index (χ1) is 15.9. The molecule has 0 atom stereocenters. The zero-order valence-electron chi connectivity index (χ0n) is 16.5. The van der Waals surface area contributed by atoms with Crippen LogP contribution in [0.2, 0.25) is 10.0 Å². The molecule has 1 N–H and O–H groups in total. The molecule has 164 valence electrons. The number of ether oxygens (including phenoxy) is 1. The van der Waals surface area contributed by atoms with Gasteiger partial charge in [-0.15, -0.1) is 5.10 Å². The van der Waals surface area contributed by atoms with Gasteiger partial charge in [0.15, 0.2) is 11.5 Å². The zero-order chi connectivity index (χ0) is 23.5. The smallest absolute Gasteiger partial charge is 0.349 e. The van der Waals surface area contributed by atoms with Gasteiger partial charge in [-0.25, -0.2) is 9.59 Å². The summed E-state index contributed by atoms with van der Waals surface area (Å²) in [6, 6.07) is 13.6. The van der Waals surface area contributed by atoms with Crippen LogP contribution in [0.1, 0.15) is 11.3 Å². The van der Waals surface area contributed by atoms with Gasteiger partial charge in [-0.05, 0) is 17.7 Å². The minimum atomic E-state index is -0.908. The second-order valence-electron chi connectivity index (χ2n) is 6.66. The summed E-state index contributed by atoms with van der Waals surface area (Å²) in [5.74, 6) is 0.250. The quantitative estimate of drug-likeness (QED) is 0.461. The Bertz CT molecular complexity index is 1550. The van der Waals surface area contributed by atoms with E-state index in [1.165, 1.54) is 29.1 Å². The van der Waals surface area contributed by atoms with Crippen molar-refractivity contribution < 1.29 is 4.74 Å². The lowest BCUT2D eigenvalue weighted by atomic mass is 10.2.